The molecule has 17 heavy (non-hydrogen) atoms. The average Bonchev–Trinajstić information content (AvgIpc) is 2.78. The predicted octanol–water partition coefficient (Wildman–Crippen LogP) is 4.21. The zero-order valence-electron chi connectivity index (χ0n) is 8.95. The van der Waals surface area contributed by atoms with Crippen molar-refractivity contribution in [1.29, 1.82) is 0 Å². The molecule has 2 aromatic heterocycles. The van der Waals surface area contributed by atoms with Crippen molar-refractivity contribution in [2.75, 3.05) is 0 Å². The fourth-order valence-corrected chi connectivity index (χ4v) is 2.28. The first-order chi connectivity index (χ1) is 8.15. The predicted molar refractivity (Wildman–Crippen MR) is 67.7 cm³/mol. The molecule has 3 nitrogen and oxygen atoms in total. The summed E-state index contributed by atoms with van der Waals surface area (Å²) in [6.45, 7) is 1.91. The number of rotatable bonds is 1. The molecule has 0 bridgehead atoms. The Labute approximate surface area is 108 Å². The molecule has 0 aliphatic carbocycles. The zero-order valence-corrected chi connectivity index (χ0v) is 10.5. The van der Waals surface area contributed by atoms with Gasteiger partial charge in [0, 0.05) is 16.7 Å². The van der Waals surface area contributed by atoms with E-state index in [9.17, 15) is 0 Å². The molecule has 0 amide bonds. The van der Waals surface area contributed by atoms with E-state index in [0.29, 0.717) is 15.8 Å². The molecular formula is C12H8Cl2N2O. The topological polar surface area (TPSA) is 30.4 Å². The van der Waals surface area contributed by atoms with Gasteiger partial charge in [-0.1, -0.05) is 23.2 Å². The molecule has 86 valence electrons. The van der Waals surface area contributed by atoms with Crippen molar-refractivity contribution < 1.29 is 4.42 Å². The number of aromatic nitrogens is 2. The maximum absolute atomic E-state index is 6.16. The first kappa shape index (κ1) is 10.7. The monoisotopic (exact) mass is 266 g/mol. The van der Waals surface area contributed by atoms with E-state index in [4.69, 9.17) is 27.6 Å². The van der Waals surface area contributed by atoms with Crippen molar-refractivity contribution >= 4 is 28.9 Å². The number of nitrogens with zero attached hydrogens (tertiary/aromatic N) is 2. The standard InChI is InChI=1S/C12H8Cl2N2O/c1-7-4-12-16(15-7)11(6-17-12)9-3-2-8(13)5-10(9)14/h2-6H,1H3. The van der Waals surface area contributed by atoms with Crippen LogP contribution in [0.25, 0.3) is 17.0 Å². The molecule has 0 fully saturated rings. The lowest BCUT2D eigenvalue weighted by molar-refractivity contribution is 0.606. The Hall–Kier alpha value is -1.45. The number of oxazole rings is 1. The number of aryl methyl sites for hydroxylation is 1. The molecule has 5 heteroatoms. The molecule has 1 aromatic carbocycles. The van der Waals surface area contributed by atoms with Crippen molar-refractivity contribution in [2.24, 2.45) is 0 Å². The average molecular weight is 267 g/mol. The van der Waals surface area contributed by atoms with Gasteiger partial charge in [0.15, 0.2) is 0 Å². The van der Waals surface area contributed by atoms with Crippen LogP contribution in [0.5, 0.6) is 0 Å². The van der Waals surface area contributed by atoms with Crippen molar-refractivity contribution in [3.8, 4) is 11.3 Å². The van der Waals surface area contributed by atoms with Gasteiger partial charge < -0.3 is 4.42 Å². The van der Waals surface area contributed by atoms with Crippen molar-refractivity contribution in [1.82, 2.24) is 9.61 Å². The molecule has 0 spiro atoms. The van der Waals surface area contributed by atoms with Gasteiger partial charge in [0.2, 0.25) is 5.71 Å². The molecular weight excluding hydrogens is 259 g/mol. The number of benzene rings is 1. The zero-order chi connectivity index (χ0) is 12.0. The van der Waals surface area contributed by atoms with Crippen LogP contribution >= 0.6 is 23.2 Å². The molecule has 0 saturated carbocycles. The molecule has 0 saturated heterocycles. The summed E-state index contributed by atoms with van der Waals surface area (Å²) in [6.07, 6.45) is 1.64. The highest BCUT2D eigenvalue weighted by Gasteiger charge is 2.12. The Morgan fingerprint density at radius 3 is 2.82 bits per heavy atom. The first-order valence-corrected chi connectivity index (χ1v) is 5.80. The summed E-state index contributed by atoms with van der Waals surface area (Å²) in [5.74, 6) is 0. The van der Waals surface area contributed by atoms with Gasteiger partial charge in [0.1, 0.15) is 12.0 Å². The van der Waals surface area contributed by atoms with Gasteiger partial charge in [-0.3, -0.25) is 0 Å². The molecule has 2 heterocycles. The summed E-state index contributed by atoms with van der Waals surface area (Å²) < 4.78 is 7.14. The quantitative estimate of drug-likeness (QED) is 0.661. The Balaban J connectivity index is 2.26. The van der Waals surface area contributed by atoms with Gasteiger partial charge in [-0.25, -0.2) is 0 Å². The Kier molecular flexibility index (Phi) is 2.38. The molecule has 0 N–H and O–H groups in total. The third kappa shape index (κ3) is 1.72. The molecule has 0 atom stereocenters. The van der Waals surface area contributed by atoms with Crippen LogP contribution in [0.15, 0.2) is 34.9 Å². The highest BCUT2D eigenvalue weighted by atomic mass is 35.5. The Morgan fingerprint density at radius 1 is 1.24 bits per heavy atom. The van der Waals surface area contributed by atoms with E-state index in [1.165, 1.54) is 0 Å². The summed E-state index contributed by atoms with van der Waals surface area (Å²) in [6, 6.07) is 7.21. The van der Waals surface area contributed by atoms with E-state index in [-0.39, 0.29) is 0 Å². The summed E-state index contributed by atoms with van der Waals surface area (Å²) in [5, 5.41) is 5.53. The van der Waals surface area contributed by atoms with Crippen molar-refractivity contribution in [2.45, 2.75) is 6.92 Å². The Bertz CT molecular complexity index is 700. The lowest BCUT2D eigenvalue weighted by atomic mass is 10.2. The molecule has 0 radical (unpaired) electrons. The third-order valence-electron chi connectivity index (χ3n) is 2.53. The second-order valence-electron chi connectivity index (χ2n) is 3.78. The van der Waals surface area contributed by atoms with Crippen LogP contribution in [0.2, 0.25) is 10.0 Å². The summed E-state index contributed by atoms with van der Waals surface area (Å²) >= 11 is 12.0. The second kappa shape index (κ2) is 3.79. The molecule has 0 aliphatic rings. The first-order valence-electron chi connectivity index (χ1n) is 5.04. The summed E-state index contributed by atoms with van der Waals surface area (Å²) in [5.41, 5.74) is 3.26. The lowest BCUT2D eigenvalue weighted by Gasteiger charge is -2.01. The molecule has 0 unspecified atom stereocenters. The van der Waals surface area contributed by atoms with Crippen LogP contribution < -0.4 is 0 Å². The third-order valence-corrected chi connectivity index (χ3v) is 3.07. The number of hydrogen-bond donors (Lipinski definition) is 0. The van der Waals surface area contributed by atoms with Gasteiger partial charge in [0.25, 0.3) is 0 Å². The van der Waals surface area contributed by atoms with Crippen LogP contribution in [0.1, 0.15) is 5.69 Å². The summed E-state index contributed by atoms with van der Waals surface area (Å²) in [4.78, 5) is 0. The number of hydrogen-bond acceptors (Lipinski definition) is 2. The minimum Gasteiger partial charge on any atom is -0.444 e. The van der Waals surface area contributed by atoms with Gasteiger partial charge in [-0.2, -0.15) is 9.61 Å². The van der Waals surface area contributed by atoms with Crippen LogP contribution in [-0.2, 0) is 0 Å². The molecule has 3 aromatic rings. The van der Waals surface area contributed by atoms with E-state index in [1.54, 1.807) is 22.9 Å². The van der Waals surface area contributed by atoms with Crippen molar-refractivity contribution in [3.63, 3.8) is 0 Å². The molecule has 3 rings (SSSR count). The van der Waals surface area contributed by atoms with Gasteiger partial charge in [0.05, 0.1) is 10.7 Å². The van der Waals surface area contributed by atoms with E-state index >= 15 is 0 Å². The summed E-state index contributed by atoms with van der Waals surface area (Å²) in [7, 11) is 0. The van der Waals surface area contributed by atoms with Crippen LogP contribution in [-0.4, -0.2) is 9.61 Å². The molecule has 0 aliphatic heterocycles. The van der Waals surface area contributed by atoms with Gasteiger partial charge >= 0.3 is 0 Å². The van der Waals surface area contributed by atoms with E-state index in [2.05, 4.69) is 5.10 Å². The maximum Gasteiger partial charge on any atom is 0.222 e. The van der Waals surface area contributed by atoms with E-state index in [0.717, 1.165) is 17.0 Å². The highest BCUT2D eigenvalue weighted by molar-refractivity contribution is 6.36. The minimum absolute atomic E-state index is 0.577. The van der Waals surface area contributed by atoms with Gasteiger partial charge in [-0.05, 0) is 25.1 Å². The SMILES string of the molecule is Cc1cc2occ(-c3ccc(Cl)cc3Cl)n2n1. The maximum atomic E-state index is 6.16. The van der Waals surface area contributed by atoms with E-state index < -0.39 is 0 Å². The Morgan fingerprint density at radius 2 is 2.06 bits per heavy atom. The van der Waals surface area contributed by atoms with E-state index in [1.807, 2.05) is 19.1 Å². The van der Waals surface area contributed by atoms with Crippen LogP contribution in [0, 0.1) is 6.92 Å². The normalized spacial score (nSPS) is 11.2. The smallest absolute Gasteiger partial charge is 0.222 e. The van der Waals surface area contributed by atoms with Crippen LogP contribution in [0.4, 0.5) is 0 Å². The second-order valence-corrected chi connectivity index (χ2v) is 4.62. The van der Waals surface area contributed by atoms with Crippen molar-refractivity contribution in [3.05, 3.63) is 46.3 Å². The number of fused-ring (bicyclic) bond motifs is 1. The fraction of sp³-hybridized carbons (Fsp3) is 0.0833. The number of halogens is 2. The fourth-order valence-electron chi connectivity index (χ4n) is 1.77. The lowest BCUT2D eigenvalue weighted by Crippen LogP contribution is -1.89. The van der Waals surface area contributed by atoms with Crippen LogP contribution in [0.3, 0.4) is 0 Å². The largest absolute Gasteiger partial charge is 0.444 e. The minimum atomic E-state index is 0.577. The highest BCUT2D eigenvalue weighted by Crippen LogP contribution is 2.31. The van der Waals surface area contributed by atoms with Gasteiger partial charge in [-0.15, -0.1) is 0 Å².